The fraction of sp³-hybridized carbons (Fsp3) is 0.650. The highest BCUT2D eigenvalue weighted by Crippen LogP contribution is 2.11. The largest absolute Gasteiger partial charge is 0.492 e. The Morgan fingerprint density at radius 1 is 1.32 bits per heavy atom. The van der Waals surface area contributed by atoms with Crippen LogP contribution < -0.4 is 10.1 Å². The molecule has 6 nitrogen and oxygen atoms in total. The molecule has 1 N–H and O–H groups in total. The number of nitrogens with zero attached hydrogens (tertiary/aromatic N) is 3. The van der Waals surface area contributed by atoms with E-state index in [2.05, 4.69) is 29.0 Å². The number of halogens is 2. The minimum atomic E-state index is -0.257. The summed E-state index contributed by atoms with van der Waals surface area (Å²) in [5.74, 6) is 1.78. The molecule has 28 heavy (non-hydrogen) atoms. The summed E-state index contributed by atoms with van der Waals surface area (Å²) >= 11 is 0. The highest BCUT2D eigenvalue weighted by Gasteiger charge is 2.14. The molecular weight excluding hydrogens is 474 g/mol. The monoisotopic (exact) mass is 508 g/mol. The van der Waals surface area contributed by atoms with Gasteiger partial charge in [0, 0.05) is 39.8 Å². The first-order valence-corrected chi connectivity index (χ1v) is 9.76. The zero-order chi connectivity index (χ0) is 19.5. The van der Waals surface area contributed by atoms with Crippen LogP contribution in [0.3, 0.4) is 0 Å². The van der Waals surface area contributed by atoms with Crippen molar-refractivity contribution >= 4 is 29.9 Å². The number of guanidine groups is 1. The van der Waals surface area contributed by atoms with Crippen LogP contribution in [0.15, 0.2) is 29.3 Å². The summed E-state index contributed by atoms with van der Waals surface area (Å²) in [6, 6.07) is 6.09. The molecule has 1 aliphatic rings. The molecule has 1 aliphatic heterocycles. The van der Waals surface area contributed by atoms with Crippen molar-refractivity contribution in [3.05, 3.63) is 30.1 Å². The van der Waals surface area contributed by atoms with Gasteiger partial charge in [-0.25, -0.2) is 4.39 Å². The number of aliphatic imine (C=N–C) groups is 1. The number of benzene rings is 1. The van der Waals surface area contributed by atoms with Crippen LogP contribution in [0.25, 0.3) is 0 Å². The summed E-state index contributed by atoms with van der Waals surface area (Å²) in [6.07, 6.45) is 0. The van der Waals surface area contributed by atoms with E-state index < -0.39 is 0 Å². The normalized spacial score (nSPS) is 16.2. The number of nitrogens with one attached hydrogen (secondary N) is 1. The highest BCUT2D eigenvalue weighted by molar-refractivity contribution is 14.0. The molecule has 1 fully saturated rings. The van der Waals surface area contributed by atoms with Gasteiger partial charge >= 0.3 is 0 Å². The second-order valence-electron chi connectivity index (χ2n) is 6.94. The van der Waals surface area contributed by atoms with Crippen molar-refractivity contribution in [3.63, 3.8) is 0 Å². The number of likely N-dealkylation sites (N-methyl/N-ethyl adjacent to an activating group) is 1. The third-order valence-electron chi connectivity index (χ3n) is 4.43. The van der Waals surface area contributed by atoms with Gasteiger partial charge in [0.05, 0.1) is 19.8 Å². The Morgan fingerprint density at radius 2 is 2.00 bits per heavy atom. The minimum Gasteiger partial charge on any atom is -0.492 e. The van der Waals surface area contributed by atoms with E-state index in [0.717, 1.165) is 51.9 Å². The number of hydrogen-bond donors (Lipinski definition) is 1. The van der Waals surface area contributed by atoms with Gasteiger partial charge in [0.1, 0.15) is 18.2 Å². The number of morpholine rings is 1. The summed E-state index contributed by atoms with van der Waals surface area (Å²) in [7, 11) is 2.00. The minimum absolute atomic E-state index is 0. The SMILES string of the molecule is CCNC(=NCC(C)CN1CCOCC1)N(C)CCOc1ccc(F)cc1.I. The number of ether oxygens (including phenoxy) is 2. The molecule has 1 aromatic rings. The maximum absolute atomic E-state index is 12.9. The van der Waals surface area contributed by atoms with Gasteiger partial charge < -0.3 is 19.7 Å². The fourth-order valence-corrected chi connectivity index (χ4v) is 2.93. The molecule has 1 aromatic carbocycles. The quantitative estimate of drug-likeness (QED) is 0.316. The van der Waals surface area contributed by atoms with E-state index in [1.807, 2.05) is 7.05 Å². The van der Waals surface area contributed by atoms with Gasteiger partial charge in [-0.15, -0.1) is 24.0 Å². The Morgan fingerprint density at radius 3 is 2.64 bits per heavy atom. The van der Waals surface area contributed by atoms with Crippen molar-refractivity contribution in [2.75, 3.05) is 66.1 Å². The lowest BCUT2D eigenvalue weighted by atomic mass is 10.1. The lowest BCUT2D eigenvalue weighted by Crippen LogP contribution is -2.42. The van der Waals surface area contributed by atoms with E-state index in [0.29, 0.717) is 24.8 Å². The van der Waals surface area contributed by atoms with Crippen LogP contribution in [0, 0.1) is 11.7 Å². The van der Waals surface area contributed by atoms with E-state index in [1.54, 1.807) is 12.1 Å². The second-order valence-corrected chi connectivity index (χ2v) is 6.94. The van der Waals surface area contributed by atoms with Crippen molar-refractivity contribution in [2.24, 2.45) is 10.9 Å². The molecule has 0 spiro atoms. The maximum Gasteiger partial charge on any atom is 0.193 e. The third-order valence-corrected chi connectivity index (χ3v) is 4.43. The molecule has 1 unspecified atom stereocenters. The van der Waals surface area contributed by atoms with Gasteiger partial charge in [0.15, 0.2) is 5.96 Å². The van der Waals surface area contributed by atoms with Crippen LogP contribution in [-0.4, -0.2) is 81.9 Å². The molecule has 160 valence electrons. The highest BCUT2D eigenvalue weighted by atomic mass is 127. The molecule has 0 amide bonds. The predicted molar refractivity (Wildman–Crippen MR) is 122 cm³/mol. The molecular formula is C20H34FIN4O2. The standard InChI is InChI=1S/C20H33FN4O2.HI/c1-4-22-20(23-15-17(2)16-25-10-12-26-13-11-25)24(3)9-14-27-19-7-5-18(21)6-8-19;/h5-8,17H,4,9-16H2,1-3H3,(H,22,23);1H. The summed E-state index contributed by atoms with van der Waals surface area (Å²) < 4.78 is 24.0. The molecule has 0 bridgehead atoms. The van der Waals surface area contributed by atoms with Crippen LogP contribution in [0.4, 0.5) is 4.39 Å². The number of rotatable bonds is 9. The molecule has 0 aliphatic carbocycles. The Labute approximate surface area is 185 Å². The Hall–Kier alpha value is -1.13. The summed E-state index contributed by atoms with van der Waals surface area (Å²) in [5, 5.41) is 3.33. The first-order chi connectivity index (χ1) is 13.1. The molecule has 0 radical (unpaired) electrons. The zero-order valence-corrected chi connectivity index (χ0v) is 19.5. The van der Waals surface area contributed by atoms with Crippen molar-refractivity contribution in [3.8, 4) is 5.75 Å². The molecule has 0 aromatic heterocycles. The van der Waals surface area contributed by atoms with E-state index in [-0.39, 0.29) is 29.8 Å². The topological polar surface area (TPSA) is 49.3 Å². The molecule has 1 saturated heterocycles. The molecule has 0 saturated carbocycles. The van der Waals surface area contributed by atoms with Crippen LogP contribution in [0.1, 0.15) is 13.8 Å². The summed E-state index contributed by atoms with van der Waals surface area (Å²) in [6.45, 7) is 11.8. The molecule has 2 rings (SSSR count). The average Bonchev–Trinajstić information content (AvgIpc) is 2.67. The fourth-order valence-electron chi connectivity index (χ4n) is 2.93. The van der Waals surface area contributed by atoms with Crippen LogP contribution >= 0.6 is 24.0 Å². The molecule has 8 heteroatoms. The van der Waals surface area contributed by atoms with E-state index in [1.165, 1.54) is 12.1 Å². The van der Waals surface area contributed by atoms with Crippen molar-refractivity contribution in [1.82, 2.24) is 15.1 Å². The lowest BCUT2D eigenvalue weighted by Gasteiger charge is -2.29. The smallest absolute Gasteiger partial charge is 0.193 e. The summed E-state index contributed by atoms with van der Waals surface area (Å²) in [4.78, 5) is 9.29. The molecule has 1 atom stereocenters. The first-order valence-electron chi connectivity index (χ1n) is 9.76. The van der Waals surface area contributed by atoms with Crippen LogP contribution in [-0.2, 0) is 4.74 Å². The van der Waals surface area contributed by atoms with Crippen LogP contribution in [0.2, 0.25) is 0 Å². The predicted octanol–water partition coefficient (Wildman–Crippen LogP) is 2.69. The van der Waals surface area contributed by atoms with Gasteiger partial charge in [0.25, 0.3) is 0 Å². The van der Waals surface area contributed by atoms with E-state index in [4.69, 9.17) is 14.5 Å². The summed E-state index contributed by atoms with van der Waals surface area (Å²) in [5.41, 5.74) is 0. The maximum atomic E-state index is 12.9. The third kappa shape index (κ3) is 9.38. The lowest BCUT2D eigenvalue weighted by molar-refractivity contribution is 0.0323. The average molecular weight is 508 g/mol. The van der Waals surface area contributed by atoms with Gasteiger partial charge in [0.2, 0.25) is 0 Å². The van der Waals surface area contributed by atoms with Gasteiger partial charge in [-0.1, -0.05) is 6.92 Å². The van der Waals surface area contributed by atoms with Gasteiger partial charge in [-0.05, 0) is 37.1 Å². The van der Waals surface area contributed by atoms with Crippen molar-refractivity contribution in [1.29, 1.82) is 0 Å². The van der Waals surface area contributed by atoms with Gasteiger partial charge in [-0.2, -0.15) is 0 Å². The van der Waals surface area contributed by atoms with Crippen molar-refractivity contribution in [2.45, 2.75) is 13.8 Å². The molecule has 1 heterocycles. The second kappa shape index (κ2) is 13.9. The van der Waals surface area contributed by atoms with E-state index >= 15 is 0 Å². The zero-order valence-electron chi connectivity index (χ0n) is 17.2. The Balaban J connectivity index is 0.00000392. The first kappa shape index (κ1) is 24.9. The van der Waals surface area contributed by atoms with Gasteiger partial charge in [-0.3, -0.25) is 9.89 Å². The van der Waals surface area contributed by atoms with Crippen LogP contribution in [0.5, 0.6) is 5.75 Å². The Bertz CT molecular complexity index is 568. The number of hydrogen-bond acceptors (Lipinski definition) is 4. The Kier molecular flexibility index (Phi) is 12.4. The van der Waals surface area contributed by atoms with Crippen molar-refractivity contribution < 1.29 is 13.9 Å². The van der Waals surface area contributed by atoms with E-state index in [9.17, 15) is 4.39 Å².